The summed E-state index contributed by atoms with van der Waals surface area (Å²) in [5.74, 6) is -0.245. The van der Waals surface area contributed by atoms with Gasteiger partial charge in [-0.3, -0.25) is 9.59 Å². The lowest BCUT2D eigenvalue weighted by molar-refractivity contribution is -0.00692. The van der Waals surface area contributed by atoms with Crippen LogP contribution in [0.4, 0.5) is 0 Å². The van der Waals surface area contributed by atoms with Crippen molar-refractivity contribution < 1.29 is 19.4 Å². The SMILES string of the molecule is CC(C)Cc1cc(C(=O)N2CCCC(OCc3ccccc3)C2)nnc1C(=O)NC(CO)C(C)C. The number of ether oxygens (including phenoxy) is 1. The second-order valence-corrected chi connectivity index (χ2v) is 10.0. The summed E-state index contributed by atoms with van der Waals surface area (Å²) >= 11 is 0. The maximum absolute atomic E-state index is 13.3. The predicted molar refractivity (Wildman–Crippen MR) is 134 cm³/mol. The Hall–Kier alpha value is -2.84. The van der Waals surface area contributed by atoms with Crippen LogP contribution in [0.5, 0.6) is 0 Å². The first kappa shape index (κ1) is 26.8. The molecule has 8 heteroatoms. The first-order valence-corrected chi connectivity index (χ1v) is 12.5. The second kappa shape index (κ2) is 12.7. The van der Waals surface area contributed by atoms with Crippen molar-refractivity contribution >= 4 is 11.8 Å². The summed E-state index contributed by atoms with van der Waals surface area (Å²) in [6.45, 7) is 9.46. The Balaban J connectivity index is 1.71. The molecule has 1 saturated heterocycles. The maximum atomic E-state index is 13.3. The van der Waals surface area contributed by atoms with Gasteiger partial charge in [0.25, 0.3) is 11.8 Å². The zero-order chi connectivity index (χ0) is 25.4. The molecule has 8 nitrogen and oxygen atoms in total. The molecule has 2 amide bonds. The van der Waals surface area contributed by atoms with Crippen LogP contribution in [-0.2, 0) is 17.8 Å². The topological polar surface area (TPSA) is 105 Å². The molecule has 1 aromatic heterocycles. The molecule has 190 valence electrons. The van der Waals surface area contributed by atoms with Crippen LogP contribution in [0.3, 0.4) is 0 Å². The first-order valence-electron chi connectivity index (χ1n) is 12.5. The molecule has 0 aliphatic carbocycles. The van der Waals surface area contributed by atoms with Crippen LogP contribution in [-0.4, -0.2) is 63.9 Å². The van der Waals surface area contributed by atoms with Gasteiger partial charge in [-0.05, 0) is 48.3 Å². The molecule has 1 aliphatic rings. The highest BCUT2D eigenvalue weighted by molar-refractivity contribution is 5.96. The second-order valence-electron chi connectivity index (χ2n) is 10.0. The number of benzene rings is 1. The number of hydrogen-bond donors (Lipinski definition) is 2. The highest BCUT2D eigenvalue weighted by atomic mass is 16.5. The summed E-state index contributed by atoms with van der Waals surface area (Å²) in [5, 5.41) is 20.7. The van der Waals surface area contributed by atoms with Crippen LogP contribution in [0.1, 0.15) is 72.6 Å². The number of aliphatic hydroxyl groups is 1. The molecule has 2 N–H and O–H groups in total. The number of carbonyl (C=O) groups excluding carboxylic acids is 2. The Bertz CT molecular complexity index is 980. The van der Waals surface area contributed by atoms with Gasteiger partial charge in [-0.25, -0.2) is 0 Å². The zero-order valence-corrected chi connectivity index (χ0v) is 21.2. The van der Waals surface area contributed by atoms with Crippen molar-refractivity contribution in [3.8, 4) is 0 Å². The number of likely N-dealkylation sites (tertiary alicyclic amines) is 1. The third-order valence-corrected chi connectivity index (χ3v) is 6.25. The number of rotatable bonds is 10. The fraction of sp³-hybridized carbons (Fsp3) is 0.556. The van der Waals surface area contributed by atoms with Crippen molar-refractivity contribution in [3.05, 3.63) is 58.9 Å². The molecule has 35 heavy (non-hydrogen) atoms. The smallest absolute Gasteiger partial charge is 0.274 e. The normalized spacial score (nSPS) is 17.0. The molecule has 3 rings (SSSR count). The molecule has 0 saturated carbocycles. The van der Waals surface area contributed by atoms with Gasteiger partial charge in [-0.15, -0.1) is 10.2 Å². The summed E-state index contributed by atoms with van der Waals surface area (Å²) in [6, 6.07) is 11.3. The molecule has 2 heterocycles. The van der Waals surface area contributed by atoms with E-state index >= 15 is 0 Å². The summed E-state index contributed by atoms with van der Waals surface area (Å²) in [7, 11) is 0. The Kier molecular flexibility index (Phi) is 9.74. The molecule has 0 radical (unpaired) electrons. The quantitative estimate of drug-likeness (QED) is 0.539. The van der Waals surface area contributed by atoms with Crippen molar-refractivity contribution in [2.24, 2.45) is 11.8 Å². The van der Waals surface area contributed by atoms with Crippen molar-refractivity contribution in [1.82, 2.24) is 20.4 Å². The summed E-state index contributed by atoms with van der Waals surface area (Å²) in [5.41, 5.74) is 2.24. The van der Waals surface area contributed by atoms with Gasteiger partial charge >= 0.3 is 0 Å². The van der Waals surface area contributed by atoms with Crippen LogP contribution < -0.4 is 5.32 Å². The van der Waals surface area contributed by atoms with Gasteiger partial charge in [0.2, 0.25) is 0 Å². The van der Waals surface area contributed by atoms with Crippen LogP contribution in [0, 0.1) is 11.8 Å². The molecule has 2 aromatic rings. The summed E-state index contributed by atoms with van der Waals surface area (Å²) in [6.07, 6.45) is 2.32. The van der Waals surface area contributed by atoms with Gasteiger partial charge in [0, 0.05) is 13.1 Å². The zero-order valence-electron chi connectivity index (χ0n) is 21.2. The van der Waals surface area contributed by atoms with Crippen LogP contribution in [0.15, 0.2) is 36.4 Å². The van der Waals surface area contributed by atoms with Crippen molar-refractivity contribution in [2.45, 2.75) is 65.7 Å². The van der Waals surface area contributed by atoms with Gasteiger partial charge in [0.15, 0.2) is 11.4 Å². The van der Waals surface area contributed by atoms with E-state index in [0.717, 1.165) is 18.4 Å². The minimum Gasteiger partial charge on any atom is -0.394 e. The Labute approximate surface area is 208 Å². The molecule has 0 spiro atoms. The van der Waals surface area contributed by atoms with E-state index in [9.17, 15) is 14.7 Å². The Morgan fingerprint density at radius 2 is 1.91 bits per heavy atom. The summed E-state index contributed by atoms with van der Waals surface area (Å²) in [4.78, 5) is 28.0. The van der Waals surface area contributed by atoms with Crippen LogP contribution >= 0.6 is 0 Å². The highest BCUT2D eigenvalue weighted by Crippen LogP contribution is 2.19. The van der Waals surface area contributed by atoms with Crippen molar-refractivity contribution in [2.75, 3.05) is 19.7 Å². The number of amides is 2. The lowest BCUT2D eigenvalue weighted by Crippen LogP contribution is -2.44. The van der Waals surface area contributed by atoms with E-state index < -0.39 is 0 Å². The molecular weight excluding hydrogens is 444 g/mol. The van der Waals surface area contributed by atoms with Gasteiger partial charge in [-0.2, -0.15) is 0 Å². The van der Waals surface area contributed by atoms with E-state index in [1.54, 1.807) is 11.0 Å². The molecule has 2 unspecified atom stereocenters. The third kappa shape index (κ3) is 7.57. The summed E-state index contributed by atoms with van der Waals surface area (Å²) < 4.78 is 6.08. The van der Waals surface area contributed by atoms with Gasteiger partial charge in [0.1, 0.15) is 0 Å². The van der Waals surface area contributed by atoms with Crippen LogP contribution in [0.2, 0.25) is 0 Å². The monoisotopic (exact) mass is 482 g/mol. The van der Waals surface area contributed by atoms with E-state index in [2.05, 4.69) is 15.5 Å². The number of aliphatic hydroxyl groups excluding tert-OH is 1. The number of piperidine rings is 1. The van der Waals surface area contributed by atoms with E-state index in [1.165, 1.54) is 0 Å². The van der Waals surface area contributed by atoms with E-state index in [0.29, 0.717) is 31.7 Å². The van der Waals surface area contributed by atoms with E-state index in [-0.39, 0.29) is 53.8 Å². The average Bonchev–Trinajstić information content (AvgIpc) is 2.85. The maximum Gasteiger partial charge on any atom is 0.274 e. The molecule has 2 atom stereocenters. The average molecular weight is 483 g/mol. The third-order valence-electron chi connectivity index (χ3n) is 6.25. The minimum atomic E-state index is -0.382. The fourth-order valence-electron chi connectivity index (χ4n) is 4.19. The lowest BCUT2D eigenvalue weighted by atomic mass is 9.99. The first-order chi connectivity index (χ1) is 16.8. The van der Waals surface area contributed by atoms with Gasteiger partial charge in [-0.1, -0.05) is 58.0 Å². The molecule has 1 aromatic carbocycles. The number of hydrogen-bond acceptors (Lipinski definition) is 6. The number of nitrogens with zero attached hydrogens (tertiary/aromatic N) is 3. The number of aromatic nitrogens is 2. The highest BCUT2D eigenvalue weighted by Gasteiger charge is 2.28. The number of carbonyl (C=O) groups is 2. The minimum absolute atomic E-state index is 0.0347. The van der Waals surface area contributed by atoms with Gasteiger partial charge in [0.05, 0.1) is 25.4 Å². The fourth-order valence-corrected chi connectivity index (χ4v) is 4.19. The molecule has 0 bridgehead atoms. The van der Waals surface area contributed by atoms with Crippen molar-refractivity contribution in [1.29, 1.82) is 0 Å². The van der Waals surface area contributed by atoms with E-state index in [4.69, 9.17) is 4.74 Å². The largest absolute Gasteiger partial charge is 0.394 e. The lowest BCUT2D eigenvalue weighted by Gasteiger charge is -2.32. The molecular formula is C27H38N4O4. The van der Waals surface area contributed by atoms with Gasteiger partial charge < -0.3 is 20.1 Å². The Morgan fingerprint density at radius 1 is 1.17 bits per heavy atom. The standard InChI is InChI=1S/C27H38N4O4/c1-18(2)13-21-14-23(29-30-25(21)26(33)28-24(16-32)19(3)4)27(34)31-12-8-11-22(15-31)35-17-20-9-6-5-7-10-20/h5-7,9-10,14,18-19,22,24,32H,8,11-13,15-17H2,1-4H3,(H,28,33). The number of nitrogens with one attached hydrogen (secondary N) is 1. The molecule has 1 aliphatic heterocycles. The van der Waals surface area contributed by atoms with Crippen molar-refractivity contribution in [3.63, 3.8) is 0 Å². The molecule has 1 fully saturated rings. The predicted octanol–water partition coefficient (Wildman–Crippen LogP) is 3.24. The van der Waals surface area contributed by atoms with Crippen LogP contribution in [0.25, 0.3) is 0 Å². The Morgan fingerprint density at radius 3 is 2.57 bits per heavy atom. The van der Waals surface area contributed by atoms with E-state index in [1.807, 2.05) is 58.0 Å².